The summed E-state index contributed by atoms with van der Waals surface area (Å²) >= 11 is 1.76. The number of aromatic nitrogens is 4. The van der Waals surface area contributed by atoms with Gasteiger partial charge >= 0.3 is 0 Å². The van der Waals surface area contributed by atoms with Crippen LogP contribution in [0.5, 0.6) is 0 Å². The molecule has 0 spiro atoms. The third-order valence-electron chi connectivity index (χ3n) is 13.3. The van der Waals surface area contributed by atoms with Crippen LogP contribution in [0, 0.1) is 0 Å². The lowest BCUT2D eigenvalue weighted by molar-refractivity contribution is 1.02. The van der Waals surface area contributed by atoms with E-state index in [1.165, 1.54) is 75.5 Å². The lowest BCUT2D eigenvalue weighted by Crippen LogP contribution is -2.02. The number of fused-ring (bicyclic) bond motifs is 12. The molecule has 0 fully saturated rings. The van der Waals surface area contributed by atoms with Crippen LogP contribution in [0.3, 0.4) is 0 Å². The van der Waals surface area contributed by atoms with Crippen LogP contribution in [0.2, 0.25) is 0 Å². The van der Waals surface area contributed by atoms with Crippen molar-refractivity contribution in [3.8, 4) is 44.5 Å². The predicted octanol–water partition coefficient (Wildman–Crippen LogP) is 16.3. The van der Waals surface area contributed by atoms with Gasteiger partial charge in [0.25, 0.3) is 0 Å². The van der Waals surface area contributed by atoms with Crippen LogP contribution in [0.15, 0.2) is 218 Å². The van der Waals surface area contributed by atoms with Crippen LogP contribution in [0.25, 0.3) is 131 Å². The van der Waals surface area contributed by atoms with Gasteiger partial charge < -0.3 is 4.57 Å². The molecule has 0 aliphatic carbocycles. The molecule has 10 aromatic carbocycles. The Morgan fingerprint density at radius 2 is 0.938 bits per heavy atom. The summed E-state index contributed by atoms with van der Waals surface area (Å²) in [6.45, 7) is 0. The third kappa shape index (κ3) is 5.43. The molecule has 0 saturated heterocycles. The monoisotopic (exact) mass is 844 g/mol. The zero-order valence-corrected chi connectivity index (χ0v) is 35.8. The lowest BCUT2D eigenvalue weighted by Gasteiger charge is -2.13. The number of para-hydroxylation sites is 2. The van der Waals surface area contributed by atoms with Crippen molar-refractivity contribution in [3.05, 3.63) is 218 Å². The first-order chi connectivity index (χ1) is 32.2. The lowest BCUT2D eigenvalue weighted by atomic mass is 9.97. The maximum atomic E-state index is 5.63. The van der Waals surface area contributed by atoms with Crippen molar-refractivity contribution >= 4 is 97.5 Å². The van der Waals surface area contributed by atoms with E-state index in [0.29, 0.717) is 5.95 Å². The van der Waals surface area contributed by atoms with Gasteiger partial charge in [-0.2, -0.15) is 0 Å². The molecular weight excluding hydrogens is 809 g/mol. The first-order valence-electron chi connectivity index (χ1n) is 22.1. The highest BCUT2D eigenvalue weighted by Gasteiger charge is 2.23. The molecule has 5 heteroatoms. The van der Waals surface area contributed by atoms with Crippen LogP contribution >= 0.6 is 11.3 Å². The van der Waals surface area contributed by atoms with Gasteiger partial charge in [0.2, 0.25) is 5.95 Å². The highest BCUT2D eigenvalue weighted by atomic mass is 32.1. The summed E-state index contributed by atoms with van der Waals surface area (Å²) < 4.78 is 5.83. The maximum Gasteiger partial charge on any atom is 0.235 e. The minimum Gasteiger partial charge on any atom is -0.309 e. The van der Waals surface area contributed by atoms with Gasteiger partial charge in [0, 0.05) is 43.2 Å². The Bertz CT molecular complexity index is 4230. The Balaban J connectivity index is 1.07. The molecule has 14 aromatic rings. The molecule has 14 rings (SSSR count). The fraction of sp³-hybridized carbons (Fsp3) is 0. The summed E-state index contributed by atoms with van der Waals surface area (Å²) in [6.07, 6.45) is 0. The Kier molecular flexibility index (Phi) is 7.82. The molecule has 0 amide bonds. The summed E-state index contributed by atoms with van der Waals surface area (Å²) in [5.41, 5.74) is 12.1. The average molecular weight is 845 g/mol. The molecule has 0 N–H and O–H groups in total. The SMILES string of the molecule is c1ccc(-c2cc3nc(-n4c5ccc(-c6cccc7c8c9ccccc9ccc8n(-c8ccccc8)c67)cc5c5c6ccccc6ccc54)nc(-c4cccc5ccccc45)c3s2)cc1. The Hall–Kier alpha value is -8.38. The third-order valence-corrected chi connectivity index (χ3v) is 14.5. The highest BCUT2D eigenvalue weighted by Crippen LogP contribution is 2.45. The smallest absolute Gasteiger partial charge is 0.235 e. The Morgan fingerprint density at radius 3 is 1.69 bits per heavy atom. The van der Waals surface area contributed by atoms with Gasteiger partial charge in [-0.3, -0.25) is 4.57 Å². The molecule has 0 radical (unpaired) electrons. The van der Waals surface area contributed by atoms with Crippen molar-refractivity contribution in [2.45, 2.75) is 0 Å². The largest absolute Gasteiger partial charge is 0.309 e. The van der Waals surface area contributed by atoms with Crippen LogP contribution in [-0.2, 0) is 0 Å². The van der Waals surface area contributed by atoms with Crippen molar-refractivity contribution < 1.29 is 0 Å². The van der Waals surface area contributed by atoms with Crippen LogP contribution in [0.1, 0.15) is 0 Å². The summed E-state index contributed by atoms with van der Waals surface area (Å²) in [5.74, 6) is 0.652. The first kappa shape index (κ1) is 36.1. The molecule has 0 aliphatic rings. The number of nitrogens with zero attached hydrogens (tertiary/aromatic N) is 4. The first-order valence-corrected chi connectivity index (χ1v) is 22.9. The van der Waals surface area contributed by atoms with Crippen molar-refractivity contribution in [2.75, 3.05) is 0 Å². The topological polar surface area (TPSA) is 35.6 Å². The quantitative estimate of drug-likeness (QED) is 0.173. The number of rotatable bonds is 5. The van der Waals surface area contributed by atoms with E-state index in [1.807, 2.05) is 0 Å². The second-order valence-corrected chi connectivity index (χ2v) is 17.9. The van der Waals surface area contributed by atoms with Gasteiger partial charge in [-0.1, -0.05) is 176 Å². The fourth-order valence-corrected chi connectivity index (χ4v) is 11.6. The molecule has 4 heterocycles. The van der Waals surface area contributed by atoms with Crippen molar-refractivity contribution in [1.29, 1.82) is 0 Å². The van der Waals surface area contributed by atoms with Crippen LogP contribution in [-0.4, -0.2) is 19.1 Å². The standard InChI is InChI=1S/C60H36N4S/c1-3-18-40(19-4-1)54-36-50-59(65-54)57(47-27-13-20-37-15-7-10-23-43(37)47)62-60(61-50)64-51-32-31-41(35-49(51)56-45-25-12-9-17-39(45)30-34-53(56)64)46-26-14-28-48-55-44-24-11-8-16-38(44)29-33-52(55)63(58(46)48)42-21-5-2-6-22-42/h1-36H. The minimum absolute atomic E-state index is 0.652. The molecule has 0 bridgehead atoms. The predicted molar refractivity (Wildman–Crippen MR) is 275 cm³/mol. The Morgan fingerprint density at radius 1 is 0.369 bits per heavy atom. The summed E-state index contributed by atoms with van der Waals surface area (Å²) in [7, 11) is 0. The van der Waals surface area contributed by atoms with E-state index in [-0.39, 0.29) is 0 Å². The average Bonchev–Trinajstić information content (AvgIpc) is 4.07. The van der Waals surface area contributed by atoms with Crippen molar-refractivity contribution in [2.24, 2.45) is 0 Å². The summed E-state index contributed by atoms with van der Waals surface area (Å²) in [5, 5.41) is 12.1. The zero-order chi connectivity index (χ0) is 42.6. The molecule has 0 saturated carbocycles. The van der Waals surface area contributed by atoms with E-state index < -0.39 is 0 Å². The van der Waals surface area contributed by atoms with Gasteiger partial charge in [0.1, 0.15) is 0 Å². The second kappa shape index (κ2) is 14.1. The maximum absolute atomic E-state index is 5.63. The number of benzene rings is 10. The summed E-state index contributed by atoms with van der Waals surface area (Å²) in [6, 6.07) is 79.1. The molecule has 4 aromatic heterocycles. The zero-order valence-electron chi connectivity index (χ0n) is 35.0. The van der Waals surface area contributed by atoms with Crippen LogP contribution in [0.4, 0.5) is 0 Å². The van der Waals surface area contributed by atoms with Gasteiger partial charge in [0.15, 0.2) is 0 Å². The molecule has 65 heavy (non-hydrogen) atoms. The molecule has 0 atom stereocenters. The van der Waals surface area contributed by atoms with Crippen LogP contribution < -0.4 is 0 Å². The molecule has 0 aliphatic heterocycles. The molecule has 4 nitrogen and oxygen atoms in total. The van der Waals surface area contributed by atoms with Crippen molar-refractivity contribution in [1.82, 2.24) is 19.1 Å². The van der Waals surface area contributed by atoms with E-state index >= 15 is 0 Å². The molecule has 0 unspecified atom stereocenters. The van der Waals surface area contributed by atoms with E-state index in [2.05, 4.69) is 228 Å². The number of hydrogen-bond donors (Lipinski definition) is 0. The van der Waals surface area contributed by atoms with Gasteiger partial charge in [-0.15, -0.1) is 11.3 Å². The summed E-state index contributed by atoms with van der Waals surface area (Å²) in [4.78, 5) is 12.3. The Labute approximate surface area is 377 Å². The minimum atomic E-state index is 0.652. The fourth-order valence-electron chi connectivity index (χ4n) is 10.5. The van der Waals surface area contributed by atoms with Gasteiger partial charge in [0.05, 0.1) is 38.0 Å². The van der Waals surface area contributed by atoms with E-state index in [1.54, 1.807) is 11.3 Å². The molecular formula is C60H36N4S. The highest BCUT2D eigenvalue weighted by molar-refractivity contribution is 7.22. The van der Waals surface area contributed by atoms with Gasteiger partial charge in [-0.25, -0.2) is 9.97 Å². The van der Waals surface area contributed by atoms with Gasteiger partial charge in [-0.05, 0) is 85.9 Å². The van der Waals surface area contributed by atoms with E-state index in [0.717, 1.165) is 49.1 Å². The van der Waals surface area contributed by atoms with Crippen molar-refractivity contribution in [3.63, 3.8) is 0 Å². The second-order valence-electron chi connectivity index (χ2n) is 16.9. The number of thiophene rings is 1. The number of hydrogen-bond acceptors (Lipinski definition) is 3. The normalized spacial score (nSPS) is 12.0. The van der Waals surface area contributed by atoms with E-state index in [9.17, 15) is 0 Å². The van der Waals surface area contributed by atoms with E-state index in [4.69, 9.17) is 9.97 Å². The molecule has 302 valence electrons.